The standard InChI is InChI=1S/C19H26N3O3P/c1-4-24-26(23,25-5-2)19(21-16-10-6-14(3)7-11-16)17-12-13-20-18(22-17)15-8-9-15/h6-7,10-13,15,19,21H,4-5,8-9H2,1-3H3. The third-order valence-electron chi connectivity index (χ3n) is 4.21. The highest BCUT2D eigenvalue weighted by Crippen LogP contribution is 2.60. The van der Waals surface area contributed by atoms with E-state index in [1.165, 1.54) is 0 Å². The molecule has 1 aromatic carbocycles. The molecule has 0 spiro atoms. The molecule has 1 aliphatic carbocycles. The molecule has 1 fully saturated rings. The summed E-state index contributed by atoms with van der Waals surface area (Å²) in [6.45, 7) is 6.24. The smallest absolute Gasteiger partial charge is 0.358 e. The average Bonchev–Trinajstić information content (AvgIpc) is 3.47. The van der Waals surface area contributed by atoms with Crippen molar-refractivity contribution in [1.82, 2.24) is 9.97 Å². The minimum absolute atomic E-state index is 0.296. The van der Waals surface area contributed by atoms with Crippen molar-refractivity contribution in [3.63, 3.8) is 0 Å². The van der Waals surface area contributed by atoms with Gasteiger partial charge >= 0.3 is 7.60 Å². The molecule has 1 aromatic heterocycles. The SMILES string of the molecule is CCOP(=O)(OCC)C(Nc1ccc(C)cc1)c1ccnc(C2CC2)n1. The van der Waals surface area contributed by atoms with E-state index in [1.54, 1.807) is 12.3 Å². The lowest BCUT2D eigenvalue weighted by atomic mass is 10.2. The van der Waals surface area contributed by atoms with Crippen LogP contribution in [0.1, 0.15) is 55.5 Å². The van der Waals surface area contributed by atoms with Crippen molar-refractivity contribution < 1.29 is 13.6 Å². The molecule has 0 amide bonds. The van der Waals surface area contributed by atoms with E-state index < -0.39 is 13.4 Å². The van der Waals surface area contributed by atoms with Gasteiger partial charge in [-0.1, -0.05) is 17.7 Å². The Morgan fingerprint density at radius 2 is 1.81 bits per heavy atom. The van der Waals surface area contributed by atoms with Crippen LogP contribution < -0.4 is 5.32 Å². The molecule has 1 heterocycles. The highest BCUT2D eigenvalue weighted by Gasteiger charge is 2.39. The van der Waals surface area contributed by atoms with Gasteiger partial charge in [-0.25, -0.2) is 9.97 Å². The minimum Gasteiger partial charge on any atom is -0.367 e. The van der Waals surface area contributed by atoms with E-state index in [4.69, 9.17) is 9.05 Å². The highest BCUT2D eigenvalue weighted by atomic mass is 31.2. The maximum atomic E-state index is 13.5. The van der Waals surface area contributed by atoms with Gasteiger partial charge in [0.1, 0.15) is 5.82 Å². The fraction of sp³-hybridized carbons (Fsp3) is 0.474. The molecule has 0 bridgehead atoms. The van der Waals surface area contributed by atoms with E-state index in [0.29, 0.717) is 24.8 Å². The van der Waals surface area contributed by atoms with Crippen molar-refractivity contribution in [3.8, 4) is 0 Å². The number of nitrogens with one attached hydrogen (secondary N) is 1. The Hall–Kier alpha value is -1.75. The molecule has 1 saturated carbocycles. The lowest BCUT2D eigenvalue weighted by Gasteiger charge is -2.27. The number of hydrogen-bond donors (Lipinski definition) is 1. The van der Waals surface area contributed by atoms with E-state index in [-0.39, 0.29) is 0 Å². The van der Waals surface area contributed by atoms with Crippen LogP contribution in [0.4, 0.5) is 5.69 Å². The Labute approximate surface area is 154 Å². The molecule has 1 aliphatic rings. The zero-order valence-corrected chi connectivity index (χ0v) is 16.4. The zero-order chi connectivity index (χ0) is 18.6. The molecule has 2 aromatic rings. The number of nitrogens with zero attached hydrogens (tertiary/aromatic N) is 2. The van der Waals surface area contributed by atoms with Crippen molar-refractivity contribution in [1.29, 1.82) is 0 Å². The first-order valence-electron chi connectivity index (χ1n) is 9.10. The van der Waals surface area contributed by atoms with Gasteiger partial charge in [0.25, 0.3) is 0 Å². The maximum absolute atomic E-state index is 13.5. The van der Waals surface area contributed by atoms with E-state index in [2.05, 4.69) is 15.3 Å². The second-order valence-electron chi connectivity index (χ2n) is 6.40. The van der Waals surface area contributed by atoms with Crippen molar-refractivity contribution >= 4 is 13.3 Å². The van der Waals surface area contributed by atoms with Gasteiger partial charge in [-0.05, 0) is 51.8 Å². The number of hydrogen-bond acceptors (Lipinski definition) is 6. The lowest BCUT2D eigenvalue weighted by Crippen LogP contribution is -2.17. The minimum atomic E-state index is -3.46. The molecule has 0 saturated heterocycles. The Kier molecular flexibility index (Phi) is 6.07. The number of aromatic nitrogens is 2. The monoisotopic (exact) mass is 375 g/mol. The Bertz CT molecular complexity index is 768. The molecule has 26 heavy (non-hydrogen) atoms. The van der Waals surface area contributed by atoms with Gasteiger partial charge in [0, 0.05) is 17.8 Å². The topological polar surface area (TPSA) is 73.3 Å². The Morgan fingerprint density at radius 3 is 2.38 bits per heavy atom. The largest absolute Gasteiger partial charge is 0.367 e. The van der Waals surface area contributed by atoms with Gasteiger partial charge in [-0.15, -0.1) is 0 Å². The van der Waals surface area contributed by atoms with Crippen LogP contribution in [0.3, 0.4) is 0 Å². The summed E-state index contributed by atoms with van der Waals surface area (Å²) < 4.78 is 24.7. The lowest BCUT2D eigenvalue weighted by molar-refractivity contribution is 0.213. The second kappa shape index (κ2) is 8.30. The predicted molar refractivity (Wildman–Crippen MR) is 102 cm³/mol. The zero-order valence-electron chi connectivity index (χ0n) is 15.5. The summed E-state index contributed by atoms with van der Waals surface area (Å²) in [5, 5.41) is 3.32. The highest BCUT2D eigenvalue weighted by molar-refractivity contribution is 7.54. The number of anilines is 1. The maximum Gasteiger partial charge on any atom is 0.358 e. The molecule has 0 aliphatic heterocycles. The molecule has 1 N–H and O–H groups in total. The summed E-state index contributed by atoms with van der Waals surface area (Å²) in [7, 11) is -3.46. The fourth-order valence-corrected chi connectivity index (χ4v) is 4.62. The summed E-state index contributed by atoms with van der Waals surface area (Å²) in [6, 6.07) is 9.69. The van der Waals surface area contributed by atoms with Crippen molar-refractivity contribution in [3.05, 3.63) is 53.6 Å². The molecule has 140 valence electrons. The van der Waals surface area contributed by atoms with Crippen LogP contribution in [0.15, 0.2) is 36.5 Å². The van der Waals surface area contributed by atoms with Gasteiger partial charge < -0.3 is 14.4 Å². The molecule has 6 nitrogen and oxygen atoms in total. The van der Waals surface area contributed by atoms with Crippen LogP contribution in [0.25, 0.3) is 0 Å². The summed E-state index contributed by atoms with van der Waals surface area (Å²) in [6.07, 6.45) is 3.93. The average molecular weight is 375 g/mol. The first-order chi connectivity index (χ1) is 12.6. The fourth-order valence-electron chi connectivity index (χ4n) is 2.75. The van der Waals surface area contributed by atoms with Gasteiger partial charge in [0.05, 0.1) is 18.9 Å². The third-order valence-corrected chi connectivity index (χ3v) is 6.47. The Balaban J connectivity index is 1.98. The van der Waals surface area contributed by atoms with E-state index in [9.17, 15) is 4.57 Å². The first-order valence-corrected chi connectivity index (χ1v) is 10.7. The third kappa shape index (κ3) is 4.50. The molecular weight excluding hydrogens is 349 g/mol. The normalized spacial score (nSPS) is 15.7. The van der Waals surface area contributed by atoms with E-state index >= 15 is 0 Å². The van der Waals surface area contributed by atoms with Gasteiger partial charge in [0.15, 0.2) is 5.78 Å². The summed E-state index contributed by atoms with van der Waals surface area (Å²) in [5.41, 5.74) is 2.63. The Morgan fingerprint density at radius 1 is 1.15 bits per heavy atom. The van der Waals surface area contributed by atoms with Crippen LogP contribution in [0.2, 0.25) is 0 Å². The molecule has 1 unspecified atom stereocenters. The molecule has 7 heteroatoms. The molecule has 3 rings (SSSR count). The molecule has 0 radical (unpaired) electrons. The van der Waals surface area contributed by atoms with Gasteiger partial charge in [0.2, 0.25) is 0 Å². The van der Waals surface area contributed by atoms with Crippen LogP contribution in [-0.2, 0) is 13.6 Å². The summed E-state index contributed by atoms with van der Waals surface area (Å²) in [5.74, 6) is 0.525. The van der Waals surface area contributed by atoms with E-state index in [1.807, 2.05) is 45.0 Å². The predicted octanol–water partition coefficient (Wildman–Crippen LogP) is 5.04. The quantitative estimate of drug-likeness (QED) is 0.619. The van der Waals surface area contributed by atoms with E-state index in [0.717, 1.165) is 29.9 Å². The van der Waals surface area contributed by atoms with Crippen LogP contribution in [0, 0.1) is 6.92 Å². The number of aryl methyl sites for hydroxylation is 1. The van der Waals surface area contributed by atoms with Crippen molar-refractivity contribution in [2.45, 2.75) is 45.3 Å². The molecule has 1 atom stereocenters. The number of rotatable bonds is 9. The van der Waals surface area contributed by atoms with Crippen molar-refractivity contribution in [2.24, 2.45) is 0 Å². The number of benzene rings is 1. The van der Waals surface area contributed by atoms with Gasteiger partial charge in [-0.3, -0.25) is 4.57 Å². The summed E-state index contributed by atoms with van der Waals surface area (Å²) >= 11 is 0. The first kappa shape index (κ1) is 19.0. The molecular formula is C19H26N3O3P. The summed E-state index contributed by atoms with van der Waals surface area (Å²) in [4.78, 5) is 9.04. The van der Waals surface area contributed by atoms with Crippen LogP contribution in [-0.4, -0.2) is 23.2 Å². The van der Waals surface area contributed by atoms with Crippen LogP contribution >= 0.6 is 7.60 Å². The van der Waals surface area contributed by atoms with Crippen LogP contribution in [0.5, 0.6) is 0 Å². The van der Waals surface area contributed by atoms with Crippen molar-refractivity contribution in [2.75, 3.05) is 18.5 Å². The second-order valence-corrected chi connectivity index (χ2v) is 8.51. The van der Waals surface area contributed by atoms with Gasteiger partial charge in [-0.2, -0.15) is 0 Å².